The maximum Gasteiger partial charge on any atom is 0.344 e. The molecule has 1 aliphatic heterocycles. The van der Waals surface area contributed by atoms with Gasteiger partial charge in [-0.2, -0.15) is 0 Å². The number of rotatable bonds is 15. The Kier molecular flexibility index (Phi) is 11.4. The van der Waals surface area contributed by atoms with Gasteiger partial charge in [-0.25, -0.2) is 4.79 Å². The molecule has 8 nitrogen and oxygen atoms in total. The zero-order valence-corrected chi connectivity index (χ0v) is 26.6. The zero-order valence-electron chi connectivity index (χ0n) is 23.4. The molecule has 0 aliphatic carbocycles. The highest BCUT2D eigenvalue weighted by atomic mass is 79.9. The van der Waals surface area contributed by atoms with E-state index < -0.39 is 0 Å². The minimum atomic E-state index is -0.371. The summed E-state index contributed by atoms with van der Waals surface area (Å²) in [5.41, 5.74) is 2.26. The van der Waals surface area contributed by atoms with Gasteiger partial charge in [-0.1, -0.05) is 61.3 Å². The van der Waals surface area contributed by atoms with Gasteiger partial charge in [-0.15, -0.1) is 5.10 Å². The SMILES string of the molecule is O=C(CCCCC1CCSS1)NCc1cn(CCCCCOc2ccc3cc(-c4ccc(Br)cc4)c(=O)oc3c2)nn1. The number of ether oxygens (including phenoxy) is 1. The van der Waals surface area contributed by atoms with Gasteiger partial charge in [0.05, 0.1) is 24.9 Å². The van der Waals surface area contributed by atoms with E-state index >= 15 is 0 Å². The number of benzene rings is 2. The monoisotopic (exact) mass is 670 g/mol. The van der Waals surface area contributed by atoms with Crippen LogP contribution in [0.15, 0.2) is 68.4 Å². The molecule has 1 atom stereocenters. The maximum absolute atomic E-state index is 12.6. The zero-order chi connectivity index (χ0) is 29.1. The first-order chi connectivity index (χ1) is 20.5. The molecule has 1 aliphatic rings. The summed E-state index contributed by atoms with van der Waals surface area (Å²) in [5.74, 6) is 2.02. The highest BCUT2D eigenvalue weighted by molar-refractivity contribution is 9.10. The van der Waals surface area contributed by atoms with Crippen LogP contribution in [0.25, 0.3) is 22.1 Å². The lowest BCUT2D eigenvalue weighted by molar-refractivity contribution is -0.121. The van der Waals surface area contributed by atoms with Gasteiger partial charge in [0.2, 0.25) is 5.91 Å². The number of hydrogen-bond donors (Lipinski definition) is 1. The van der Waals surface area contributed by atoms with Crippen molar-refractivity contribution in [2.45, 2.75) is 69.7 Å². The van der Waals surface area contributed by atoms with Crippen molar-refractivity contribution in [3.63, 3.8) is 0 Å². The van der Waals surface area contributed by atoms with Crippen molar-refractivity contribution in [3.8, 4) is 16.9 Å². The van der Waals surface area contributed by atoms with Gasteiger partial charge in [0.15, 0.2) is 0 Å². The van der Waals surface area contributed by atoms with Crippen LogP contribution < -0.4 is 15.7 Å². The van der Waals surface area contributed by atoms with Crippen molar-refractivity contribution in [2.24, 2.45) is 0 Å². The van der Waals surface area contributed by atoms with Crippen molar-refractivity contribution >= 4 is 54.4 Å². The van der Waals surface area contributed by atoms with Crippen LogP contribution in [-0.2, 0) is 17.9 Å². The molecule has 1 amide bonds. The molecule has 0 radical (unpaired) electrons. The molecule has 3 heterocycles. The highest BCUT2D eigenvalue weighted by Gasteiger charge is 2.16. The Morgan fingerprint density at radius 3 is 2.81 bits per heavy atom. The molecule has 4 aromatic rings. The Hall–Kier alpha value is -2.76. The normalized spacial score (nSPS) is 14.8. The minimum absolute atomic E-state index is 0.0806. The molecule has 1 N–H and O–H groups in total. The molecule has 1 fully saturated rings. The average molecular weight is 672 g/mol. The molecule has 1 unspecified atom stereocenters. The third kappa shape index (κ3) is 9.12. The van der Waals surface area contributed by atoms with Crippen molar-refractivity contribution in [1.82, 2.24) is 20.3 Å². The van der Waals surface area contributed by atoms with Crippen LogP contribution >= 0.6 is 37.5 Å². The number of fused-ring (bicyclic) bond motifs is 1. The molecule has 2 aromatic carbocycles. The molecule has 11 heteroatoms. The minimum Gasteiger partial charge on any atom is -0.493 e. The van der Waals surface area contributed by atoms with E-state index in [1.807, 2.05) is 74.9 Å². The van der Waals surface area contributed by atoms with Gasteiger partial charge in [-0.05, 0) is 74.4 Å². The molecular weight excluding hydrogens is 636 g/mol. The second-order valence-electron chi connectivity index (χ2n) is 10.4. The summed E-state index contributed by atoms with van der Waals surface area (Å²) in [6.07, 6.45) is 9.85. The fourth-order valence-corrected chi connectivity index (χ4v) is 8.08. The highest BCUT2D eigenvalue weighted by Crippen LogP contribution is 2.39. The van der Waals surface area contributed by atoms with Crippen molar-refractivity contribution in [1.29, 1.82) is 0 Å². The first-order valence-corrected chi connectivity index (χ1v) is 17.6. The summed E-state index contributed by atoms with van der Waals surface area (Å²) in [6, 6.07) is 15.0. The first kappa shape index (κ1) is 30.7. The Bertz CT molecular complexity index is 1520. The molecule has 0 spiro atoms. The molecule has 5 rings (SSSR count). The van der Waals surface area contributed by atoms with Crippen LogP contribution in [0.1, 0.15) is 57.1 Å². The van der Waals surface area contributed by atoms with Crippen LogP contribution in [0.2, 0.25) is 0 Å². The maximum atomic E-state index is 12.6. The van der Waals surface area contributed by atoms with Gasteiger partial charge in [0, 0.05) is 39.9 Å². The van der Waals surface area contributed by atoms with Crippen molar-refractivity contribution < 1.29 is 13.9 Å². The van der Waals surface area contributed by atoms with Crippen molar-refractivity contribution in [2.75, 3.05) is 12.4 Å². The summed E-state index contributed by atoms with van der Waals surface area (Å²) < 4.78 is 14.3. The molecule has 222 valence electrons. The molecule has 0 saturated carbocycles. The summed E-state index contributed by atoms with van der Waals surface area (Å²) in [7, 11) is 3.97. The third-order valence-electron chi connectivity index (χ3n) is 7.12. The number of unbranched alkanes of at least 4 members (excludes halogenated alkanes) is 3. The summed E-state index contributed by atoms with van der Waals surface area (Å²) in [6.45, 7) is 1.75. The number of aromatic nitrogens is 3. The van der Waals surface area contributed by atoms with E-state index in [4.69, 9.17) is 9.15 Å². The summed E-state index contributed by atoms with van der Waals surface area (Å²) in [4.78, 5) is 24.7. The van der Waals surface area contributed by atoms with Gasteiger partial charge >= 0.3 is 5.63 Å². The molecule has 42 heavy (non-hydrogen) atoms. The van der Waals surface area contributed by atoms with Crippen LogP contribution in [0, 0.1) is 0 Å². The van der Waals surface area contributed by atoms with E-state index in [9.17, 15) is 9.59 Å². The third-order valence-corrected chi connectivity index (χ3v) is 10.7. The van der Waals surface area contributed by atoms with E-state index in [1.165, 1.54) is 18.6 Å². The van der Waals surface area contributed by atoms with Gasteiger partial charge in [0.1, 0.15) is 17.0 Å². The lowest BCUT2D eigenvalue weighted by Crippen LogP contribution is -2.22. The second-order valence-corrected chi connectivity index (χ2v) is 14.1. The Labute approximate surface area is 261 Å². The van der Waals surface area contributed by atoms with Gasteiger partial charge in [0.25, 0.3) is 0 Å². The summed E-state index contributed by atoms with van der Waals surface area (Å²) >= 11 is 3.42. The Morgan fingerprint density at radius 2 is 1.98 bits per heavy atom. The van der Waals surface area contributed by atoms with Gasteiger partial charge < -0.3 is 14.5 Å². The smallest absolute Gasteiger partial charge is 0.344 e. The number of aryl methyl sites for hydroxylation is 1. The number of carbonyl (C=O) groups excluding carboxylic acids is 1. The predicted molar refractivity (Wildman–Crippen MR) is 174 cm³/mol. The number of hydrogen-bond acceptors (Lipinski definition) is 8. The first-order valence-electron chi connectivity index (χ1n) is 14.4. The quantitative estimate of drug-likeness (QED) is 0.0794. The number of amides is 1. The van der Waals surface area contributed by atoms with Crippen LogP contribution in [0.5, 0.6) is 5.75 Å². The average Bonchev–Trinajstić information content (AvgIpc) is 3.68. The number of carbonyl (C=O) groups is 1. The summed E-state index contributed by atoms with van der Waals surface area (Å²) in [5, 5.41) is 12.9. The van der Waals surface area contributed by atoms with E-state index in [-0.39, 0.29) is 11.5 Å². The molecule has 1 saturated heterocycles. The van der Waals surface area contributed by atoms with Crippen LogP contribution in [-0.4, -0.2) is 38.5 Å². The molecular formula is C31H35BrN4O4S2. The Morgan fingerprint density at radius 1 is 1.10 bits per heavy atom. The van der Waals surface area contributed by atoms with Gasteiger partial charge in [-0.3, -0.25) is 9.48 Å². The predicted octanol–water partition coefficient (Wildman–Crippen LogP) is 7.39. The lowest BCUT2D eigenvalue weighted by Gasteiger charge is -2.08. The second kappa shape index (κ2) is 15.6. The lowest BCUT2D eigenvalue weighted by atomic mass is 10.1. The van der Waals surface area contributed by atoms with E-state index in [0.717, 1.165) is 65.0 Å². The molecule has 0 bridgehead atoms. The fourth-order valence-electron chi connectivity index (χ4n) is 4.78. The largest absolute Gasteiger partial charge is 0.493 e. The van der Waals surface area contributed by atoms with E-state index in [2.05, 4.69) is 31.6 Å². The fraction of sp³-hybridized carbons (Fsp3) is 0.419. The van der Waals surface area contributed by atoms with Crippen LogP contribution in [0.3, 0.4) is 0 Å². The van der Waals surface area contributed by atoms with Crippen LogP contribution in [0.4, 0.5) is 0 Å². The molecule has 2 aromatic heterocycles. The number of nitrogens with one attached hydrogen (secondary N) is 1. The number of halogens is 1. The van der Waals surface area contributed by atoms with E-state index in [1.54, 1.807) is 6.07 Å². The Balaban J connectivity index is 0.969. The topological polar surface area (TPSA) is 99.2 Å². The van der Waals surface area contributed by atoms with Crippen molar-refractivity contribution in [3.05, 3.63) is 75.3 Å². The standard InChI is InChI=1S/C31H35BrN4O4S2/c32-24-11-8-22(9-12-24)28-18-23-10-13-26(19-29(23)40-31(28)38)39-16-5-1-4-15-36-21-25(34-35-36)20-33-30(37)7-3-2-6-27-14-17-41-42-27/h8-13,18-19,21,27H,1-7,14-17,20H2,(H,33,37). The van der Waals surface area contributed by atoms with E-state index in [0.29, 0.717) is 36.5 Å². The number of nitrogens with zero attached hydrogens (tertiary/aromatic N) is 3.